The van der Waals surface area contributed by atoms with Gasteiger partial charge in [-0.05, 0) is 56.6 Å². The standard InChI is InChI=1S/C22H27N3OS2/c1-5-24(6-2)12-13-25(21(26)17-9-7-8-16(3)14-17)22-23-19-11-10-18(27-4)15-20(19)28-22/h7-11,14-15H,5-6,12-13H2,1-4H3. The van der Waals surface area contributed by atoms with E-state index in [0.29, 0.717) is 12.1 Å². The van der Waals surface area contributed by atoms with E-state index in [1.165, 1.54) is 4.90 Å². The highest BCUT2D eigenvalue weighted by molar-refractivity contribution is 7.98. The fourth-order valence-electron chi connectivity index (χ4n) is 3.13. The second kappa shape index (κ2) is 9.54. The number of aromatic nitrogens is 1. The lowest BCUT2D eigenvalue weighted by atomic mass is 10.1. The molecule has 1 aromatic heterocycles. The van der Waals surface area contributed by atoms with Crippen molar-refractivity contribution in [1.82, 2.24) is 9.88 Å². The Balaban J connectivity index is 1.96. The van der Waals surface area contributed by atoms with Crippen LogP contribution in [0.3, 0.4) is 0 Å². The number of thiazole rings is 1. The quantitative estimate of drug-likeness (QED) is 0.469. The summed E-state index contributed by atoms with van der Waals surface area (Å²) in [7, 11) is 0. The predicted octanol–water partition coefficient (Wildman–Crippen LogP) is 5.32. The van der Waals surface area contributed by atoms with Crippen LogP contribution >= 0.6 is 23.1 Å². The number of nitrogens with zero attached hydrogens (tertiary/aromatic N) is 3. The third-order valence-electron chi connectivity index (χ3n) is 4.86. The van der Waals surface area contributed by atoms with Gasteiger partial charge in [0.15, 0.2) is 5.13 Å². The molecule has 0 fully saturated rings. The fraction of sp³-hybridized carbons (Fsp3) is 0.364. The summed E-state index contributed by atoms with van der Waals surface area (Å²) < 4.78 is 1.12. The van der Waals surface area contributed by atoms with Crippen LogP contribution in [-0.2, 0) is 0 Å². The summed E-state index contributed by atoms with van der Waals surface area (Å²) in [5.41, 5.74) is 2.75. The van der Waals surface area contributed by atoms with E-state index in [0.717, 1.165) is 40.5 Å². The lowest BCUT2D eigenvalue weighted by molar-refractivity contribution is 0.0983. The van der Waals surface area contributed by atoms with E-state index in [9.17, 15) is 4.79 Å². The molecule has 0 saturated heterocycles. The minimum absolute atomic E-state index is 0.0139. The SMILES string of the molecule is CCN(CC)CCN(C(=O)c1cccc(C)c1)c1nc2ccc(SC)cc2s1. The number of benzene rings is 2. The number of hydrogen-bond acceptors (Lipinski definition) is 5. The Labute approximate surface area is 175 Å². The van der Waals surface area contributed by atoms with Gasteiger partial charge in [0.2, 0.25) is 0 Å². The molecule has 3 rings (SSSR count). The Kier molecular flexibility index (Phi) is 7.10. The number of hydrogen-bond donors (Lipinski definition) is 0. The minimum atomic E-state index is 0.0139. The second-order valence-electron chi connectivity index (χ2n) is 6.68. The molecule has 28 heavy (non-hydrogen) atoms. The van der Waals surface area contributed by atoms with Crippen molar-refractivity contribution in [1.29, 1.82) is 0 Å². The van der Waals surface area contributed by atoms with E-state index in [1.54, 1.807) is 23.1 Å². The first-order valence-corrected chi connectivity index (χ1v) is 11.6. The normalized spacial score (nSPS) is 11.3. The third kappa shape index (κ3) is 4.74. The van der Waals surface area contributed by atoms with E-state index in [2.05, 4.69) is 37.1 Å². The number of aryl methyl sites for hydroxylation is 1. The minimum Gasteiger partial charge on any atom is -0.302 e. The second-order valence-corrected chi connectivity index (χ2v) is 8.57. The highest BCUT2D eigenvalue weighted by atomic mass is 32.2. The number of likely N-dealkylation sites (N-methyl/N-ethyl adjacent to an activating group) is 1. The first-order valence-electron chi connectivity index (χ1n) is 9.61. The molecule has 4 nitrogen and oxygen atoms in total. The Morgan fingerprint density at radius 1 is 1.11 bits per heavy atom. The van der Waals surface area contributed by atoms with Gasteiger partial charge in [-0.15, -0.1) is 11.8 Å². The molecule has 0 N–H and O–H groups in total. The van der Waals surface area contributed by atoms with Gasteiger partial charge >= 0.3 is 0 Å². The number of thioether (sulfide) groups is 1. The van der Waals surface area contributed by atoms with E-state index in [4.69, 9.17) is 4.98 Å². The Hall–Kier alpha value is -1.89. The molecule has 0 atom stereocenters. The van der Waals surface area contributed by atoms with E-state index in [1.807, 2.05) is 42.2 Å². The van der Waals surface area contributed by atoms with Gasteiger partial charge in [-0.3, -0.25) is 9.69 Å². The number of carbonyl (C=O) groups excluding carboxylic acids is 1. The highest BCUT2D eigenvalue weighted by Gasteiger charge is 2.22. The van der Waals surface area contributed by atoms with Gasteiger partial charge in [0.05, 0.1) is 10.2 Å². The van der Waals surface area contributed by atoms with Crippen molar-refractivity contribution in [2.75, 3.05) is 37.3 Å². The Morgan fingerprint density at radius 2 is 1.89 bits per heavy atom. The third-order valence-corrected chi connectivity index (χ3v) is 6.63. The van der Waals surface area contributed by atoms with Gasteiger partial charge in [-0.25, -0.2) is 4.98 Å². The maximum atomic E-state index is 13.4. The summed E-state index contributed by atoms with van der Waals surface area (Å²) in [4.78, 5) is 23.5. The molecule has 0 aliphatic heterocycles. The van der Waals surface area contributed by atoms with Gasteiger partial charge in [0, 0.05) is 23.5 Å². The van der Waals surface area contributed by atoms with Crippen molar-refractivity contribution in [2.24, 2.45) is 0 Å². The molecule has 0 unspecified atom stereocenters. The zero-order valence-corrected chi connectivity index (χ0v) is 18.6. The van der Waals surface area contributed by atoms with Crippen LogP contribution in [0.15, 0.2) is 47.4 Å². The lowest BCUT2D eigenvalue weighted by Gasteiger charge is -2.24. The van der Waals surface area contributed by atoms with Gasteiger partial charge in [0.25, 0.3) is 5.91 Å². The van der Waals surface area contributed by atoms with Crippen molar-refractivity contribution in [2.45, 2.75) is 25.7 Å². The first-order chi connectivity index (χ1) is 13.5. The smallest absolute Gasteiger partial charge is 0.260 e. The average molecular weight is 414 g/mol. The van der Waals surface area contributed by atoms with Crippen LogP contribution in [0.4, 0.5) is 5.13 Å². The number of rotatable bonds is 8. The summed E-state index contributed by atoms with van der Waals surface area (Å²) in [5.74, 6) is 0.0139. The van der Waals surface area contributed by atoms with Gasteiger partial charge in [-0.1, -0.05) is 42.9 Å². The van der Waals surface area contributed by atoms with Crippen molar-refractivity contribution in [3.63, 3.8) is 0 Å². The molecule has 1 amide bonds. The monoisotopic (exact) mass is 413 g/mol. The summed E-state index contributed by atoms with van der Waals surface area (Å²) in [6.07, 6.45) is 2.07. The highest BCUT2D eigenvalue weighted by Crippen LogP contribution is 2.32. The molecule has 2 aromatic carbocycles. The van der Waals surface area contributed by atoms with Crippen LogP contribution in [0.1, 0.15) is 29.8 Å². The summed E-state index contributed by atoms with van der Waals surface area (Å²) >= 11 is 3.31. The molecule has 0 saturated carbocycles. The Morgan fingerprint density at radius 3 is 2.57 bits per heavy atom. The van der Waals surface area contributed by atoms with Crippen LogP contribution in [0, 0.1) is 6.92 Å². The number of anilines is 1. The topological polar surface area (TPSA) is 36.4 Å². The van der Waals surface area contributed by atoms with Crippen molar-refractivity contribution in [3.05, 3.63) is 53.6 Å². The molecule has 0 spiro atoms. The molecular formula is C22H27N3OS2. The maximum Gasteiger partial charge on any atom is 0.260 e. The molecule has 6 heteroatoms. The lowest BCUT2D eigenvalue weighted by Crippen LogP contribution is -2.38. The molecule has 3 aromatic rings. The van der Waals surface area contributed by atoms with E-state index in [-0.39, 0.29) is 5.91 Å². The zero-order valence-electron chi connectivity index (χ0n) is 16.9. The van der Waals surface area contributed by atoms with Crippen molar-refractivity contribution < 1.29 is 4.79 Å². The van der Waals surface area contributed by atoms with Crippen LogP contribution in [0.2, 0.25) is 0 Å². The van der Waals surface area contributed by atoms with Crippen LogP contribution in [0.25, 0.3) is 10.2 Å². The number of fused-ring (bicyclic) bond motifs is 1. The average Bonchev–Trinajstić information content (AvgIpc) is 3.13. The molecule has 0 bridgehead atoms. The van der Waals surface area contributed by atoms with Gasteiger partial charge in [0.1, 0.15) is 0 Å². The van der Waals surface area contributed by atoms with Crippen molar-refractivity contribution >= 4 is 44.4 Å². The first kappa shape index (κ1) is 20.8. The van der Waals surface area contributed by atoms with Crippen LogP contribution in [-0.4, -0.2) is 48.2 Å². The Bertz CT molecular complexity index is 950. The zero-order chi connectivity index (χ0) is 20.1. The summed E-state index contributed by atoms with van der Waals surface area (Å²) in [5, 5.41) is 0.770. The van der Waals surface area contributed by atoms with E-state index >= 15 is 0 Å². The van der Waals surface area contributed by atoms with Gasteiger partial charge < -0.3 is 4.90 Å². The molecular weight excluding hydrogens is 386 g/mol. The van der Waals surface area contributed by atoms with Crippen molar-refractivity contribution in [3.8, 4) is 0 Å². The molecule has 148 valence electrons. The molecule has 1 heterocycles. The summed E-state index contributed by atoms with van der Waals surface area (Å²) in [6, 6.07) is 14.1. The van der Waals surface area contributed by atoms with Gasteiger partial charge in [-0.2, -0.15) is 0 Å². The largest absolute Gasteiger partial charge is 0.302 e. The molecule has 0 aliphatic rings. The predicted molar refractivity (Wildman–Crippen MR) is 122 cm³/mol. The van der Waals surface area contributed by atoms with Crippen LogP contribution in [0.5, 0.6) is 0 Å². The summed E-state index contributed by atoms with van der Waals surface area (Å²) in [6.45, 7) is 9.72. The number of carbonyl (C=O) groups is 1. The van der Waals surface area contributed by atoms with Crippen LogP contribution < -0.4 is 4.90 Å². The molecule has 0 aliphatic carbocycles. The molecule has 0 radical (unpaired) electrons. The van der Waals surface area contributed by atoms with E-state index < -0.39 is 0 Å². The number of amides is 1. The maximum absolute atomic E-state index is 13.4. The fourth-order valence-corrected chi connectivity index (χ4v) is 4.68.